The second-order valence-electron chi connectivity index (χ2n) is 7.77. The first-order valence-corrected chi connectivity index (χ1v) is 9.98. The largest absolute Gasteiger partial charge is 0.505 e. The fourth-order valence-corrected chi connectivity index (χ4v) is 3.65. The number of carboxylic acids is 1. The molecule has 2 atom stereocenters. The zero-order valence-electron chi connectivity index (χ0n) is 17.9. The van der Waals surface area contributed by atoms with E-state index in [9.17, 15) is 32.7 Å². The molecule has 1 aromatic heterocycles. The highest BCUT2D eigenvalue weighted by molar-refractivity contribution is 6.05. The monoisotopic (exact) mass is 462 g/mol. The van der Waals surface area contributed by atoms with E-state index >= 15 is 0 Å². The molecule has 0 spiro atoms. The van der Waals surface area contributed by atoms with Crippen molar-refractivity contribution in [2.45, 2.75) is 26.7 Å². The smallest absolute Gasteiger partial charge is 0.308 e. The number of carbonyl (C=O) groups excluding carboxylic acids is 2. The van der Waals surface area contributed by atoms with Gasteiger partial charge in [0.2, 0.25) is 5.91 Å². The Bertz CT molecular complexity index is 1290. The highest BCUT2D eigenvalue weighted by atomic mass is 19.2. The molecule has 0 fully saturated rings. The molecule has 2 aromatic carbocycles. The molecule has 33 heavy (non-hydrogen) atoms. The summed E-state index contributed by atoms with van der Waals surface area (Å²) < 4.78 is 43.1. The number of rotatable bonds is 6. The fourth-order valence-electron chi connectivity index (χ4n) is 3.65. The number of hydrogen-bond donors (Lipinski definition) is 3. The number of aromatic hydroxyl groups is 1. The Balaban J connectivity index is 2.14. The lowest BCUT2D eigenvalue weighted by molar-refractivity contribution is -0.141. The van der Waals surface area contributed by atoms with Crippen LogP contribution in [0.4, 0.5) is 13.2 Å². The first-order valence-electron chi connectivity index (χ1n) is 9.98. The summed E-state index contributed by atoms with van der Waals surface area (Å²) in [6.07, 6.45) is 0. The third kappa shape index (κ3) is 4.28. The van der Waals surface area contributed by atoms with E-state index in [2.05, 4.69) is 5.32 Å². The Morgan fingerprint density at radius 2 is 1.73 bits per heavy atom. The van der Waals surface area contributed by atoms with Crippen LogP contribution in [0.3, 0.4) is 0 Å². The van der Waals surface area contributed by atoms with E-state index in [0.717, 1.165) is 22.8 Å². The number of nitrogens with zero attached hydrogens (tertiary/aromatic N) is 1. The van der Waals surface area contributed by atoms with Gasteiger partial charge in [-0.2, -0.15) is 0 Å². The molecule has 174 valence electrons. The Kier molecular flexibility index (Phi) is 6.48. The van der Waals surface area contributed by atoms with E-state index in [4.69, 9.17) is 5.11 Å². The number of nitrogens with one attached hydrogen (secondary N) is 1. The van der Waals surface area contributed by atoms with Crippen LogP contribution in [0.1, 0.15) is 41.4 Å². The number of amides is 1. The zero-order chi connectivity index (χ0) is 24.6. The molecule has 0 aliphatic heterocycles. The molecule has 0 saturated heterocycles. The zero-order valence-corrected chi connectivity index (χ0v) is 17.9. The van der Waals surface area contributed by atoms with Crippen molar-refractivity contribution in [3.8, 4) is 5.75 Å². The van der Waals surface area contributed by atoms with E-state index in [1.54, 1.807) is 0 Å². The molecule has 2 unspecified atom stereocenters. The van der Waals surface area contributed by atoms with E-state index in [1.807, 2.05) is 0 Å². The molecule has 0 saturated carbocycles. The molecule has 0 aliphatic rings. The van der Waals surface area contributed by atoms with Crippen LogP contribution in [0, 0.1) is 30.3 Å². The number of aromatic nitrogens is 1. The van der Waals surface area contributed by atoms with Crippen molar-refractivity contribution < 1.29 is 37.8 Å². The van der Waals surface area contributed by atoms with Gasteiger partial charge in [-0.1, -0.05) is 6.92 Å². The summed E-state index contributed by atoms with van der Waals surface area (Å²) in [5, 5.41) is 21.2. The van der Waals surface area contributed by atoms with Gasteiger partial charge in [0.1, 0.15) is 0 Å². The average Bonchev–Trinajstić information content (AvgIpc) is 3.07. The van der Waals surface area contributed by atoms with Crippen LogP contribution in [-0.2, 0) is 9.59 Å². The standard InChI is InChI=1S/C23H21F3N2O5/c1-10(23(32)33)9-27-21(30)11(2)18-12(3)28(16-6-7-17(29)20(26)19(16)18)22(31)13-4-5-14(24)15(25)8-13/h4-8,10-11,29H,9H2,1-3H3,(H,27,30)(H,32,33). The van der Waals surface area contributed by atoms with Gasteiger partial charge in [0.25, 0.3) is 5.91 Å². The van der Waals surface area contributed by atoms with Crippen LogP contribution in [-0.4, -0.2) is 39.1 Å². The van der Waals surface area contributed by atoms with E-state index in [-0.39, 0.29) is 34.3 Å². The van der Waals surface area contributed by atoms with Gasteiger partial charge in [-0.25, -0.2) is 13.2 Å². The summed E-state index contributed by atoms with van der Waals surface area (Å²) in [4.78, 5) is 36.9. The van der Waals surface area contributed by atoms with Gasteiger partial charge in [-0.05, 0) is 49.7 Å². The maximum absolute atomic E-state index is 15.0. The second kappa shape index (κ2) is 8.97. The number of aliphatic carboxylic acids is 1. The molecule has 10 heteroatoms. The summed E-state index contributed by atoms with van der Waals surface area (Å²) in [5.74, 6) is -8.55. The lowest BCUT2D eigenvalue weighted by Crippen LogP contribution is -2.34. The molecule has 1 amide bonds. The summed E-state index contributed by atoms with van der Waals surface area (Å²) in [6, 6.07) is 4.89. The number of halogens is 3. The lowest BCUT2D eigenvalue weighted by atomic mass is 9.96. The van der Waals surface area contributed by atoms with Crippen molar-refractivity contribution in [1.82, 2.24) is 9.88 Å². The molecule has 3 aromatic rings. The maximum Gasteiger partial charge on any atom is 0.308 e. The SMILES string of the molecule is Cc1c(C(C)C(=O)NCC(C)C(=O)O)c2c(F)c(O)ccc2n1C(=O)c1ccc(F)c(F)c1. The minimum absolute atomic E-state index is 0.0195. The lowest BCUT2D eigenvalue weighted by Gasteiger charge is -2.15. The number of hydrogen-bond acceptors (Lipinski definition) is 4. The summed E-state index contributed by atoms with van der Waals surface area (Å²) in [6.45, 7) is 4.13. The quantitative estimate of drug-likeness (QED) is 0.518. The van der Waals surface area contributed by atoms with Crippen molar-refractivity contribution in [1.29, 1.82) is 0 Å². The van der Waals surface area contributed by atoms with Crippen molar-refractivity contribution >= 4 is 28.7 Å². The van der Waals surface area contributed by atoms with Crippen LogP contribution in [0.15, 0.2) is 30.3 Å². The second-order valence-corrected chi connectivity index (χ2v) is 7.77. The Hall–Kier alpha value is -3.82. The molecule has 3 rings (SSSR count). The van der Waals surface area contributed by atoms with Crippen LogP contribution < -0.4 is 5.32 Å². The van der Waals surface area contributed by atoms with Crippen LogP contribution in [0.25, 0.3) is 10.9 Å². The first-order chi connectivity index (χ1) is 15.5. The Morgan fingerprint density at radius 3 is 2.33 bits per heavy atom. The normalized spacial score (nSPS) is 13.0. The minimum Gasteiger partial charge on any atom is -0.505 e. The van der Waals surface area contributed by atoms with Gasteiger partial charge in [-0.15, -0.1) is 0 Å². The van der Waals surface area contributed by atoms with Crippen LogP contribution in [0.5, 0.6) is 5.75 Å². The molecule has 0 aliphatic carbocycles. The van der Waals surface area contributed by atoms with E-state index in [1.165, 1.54) is 26.8 Å². The fraction of sp³-hybridized carbons (Fsp3) is 0.261. The Labute approximate surface area is 186 Å². The molecule has 0 bridgehead atoms. The maximum atomic E-state index is 15.0. The number of benzene rings is 2. The summed E-state index contributed by atoms with van der Waals surface area (Å²) >= 11 is 0. The topological polar surface area (TPSA) is 109 Å². The van der Waals surface area contributed by atoms with Gasteiger partial charge >= 0.3 is 5.97 Å². The minimum atomic E-state index is -1.24. The summed E-state index contributed by atoms with van der Waals surface area (Å²) in [5.41, 5.74) is 0.0559. The van der Waals surface area contributed by atoms with Crippen LogP contribution >= 0.6 is 0 Å². The van der Waals surface area contributed by atoms with E-state index in [0.29, 0.717) is 6.07 Å². The third-order valence-electron chi connectivity index (χ3n) is 5.54. The molecular formula is C23H21F3N2O5. The third-order valence-corrected chi connectivity index (χ3v) is 5.54. The highest BCUT2D eigenvalue weighted by Gasteiger charge is 2.30. The summed E-state index contributed by atoms with van der Waals surface area (Å²) in [7, 11) is 0. The number of carbonyl (C=O) groups is 3. The first kappa shape index (κ1) is 23.8. The van der Waals surface area contributed by atoms with Crippen molar-refractivity contribution in [2.75, 3.05) is 6.54 Å². The molecule has 0 radical (unpaired) electrons. The van der Waals surface area contributed by atoms with Crippen molar-refractivity contribution in [3.63, 3.8) is 0 Å². The number of fused-ring (bicyclic) bond motifs is 1. The van der Waals surface area contributed by atoms with Crippen molar-refractivity contribution in [3.05, 3.63) is 64.6 Å². The molecular weight excluding hydrogens is 441 g/mol. The predicted octanol–water partition coefficient (Wildman–Crippen LogP) is 3.70. The average molecular weight is 462 g/mol. The van der Waals surface area contributed by atoms with Gasteiger partial charge < -0.3 is 15.5 Å². The highest BCUT2D eigenvalue weighted by Crippen LogP contribution is 2.37. The molecule has 7 nitrogen and oxygen atoms in total. The Morgan fingerprint density at radius 1 is 1.06 bits per heavy atom. The van der Waals surface area contributed by atoms with E-state index < -0.39 is 52.8 Å². The number of carboxylic acid groups (broad SMARTS) is 1. The molecule has 3 N–H and O–H groups in total. The number of phenols is 1. The van der Waals surface area contributed by atoms with Gasteiger partial charge in [0, 0.05) is 23.2 Å². The van der Waals surface area contributed by atoms with Gasteiger partial charge in [0.15, 0.2) is 23.2 Å². The molecule has 1 heterocycles. The van der Waals surface area contributed by atoms with Crippen LogP contribution in [0.2, 0.25) is 0 Å². The van der Waals surface area contributed by atoms with Gasteiger partial charge in [-0.3, -0.25) is 19.0 Å². The number of phenolic OH excluding ortho intramolecular Hbond substituents is 1. The van der Waals surface area contributed by atoms with Crippen molar-refractivity contribution in [2.24, 2.45) is 5.92 Å². The predicted molar refractivity (Wildman–Crippen MR) is 113 cm³/mol. The van der Waals surface area contributed by atoms with Gasteiger partial charge in [0.05, 0.1) is 17.4 Å².